The molecule has 0 aliphatic rings. The highest BCUT2D eigenvalue weighted by Crippen LogP contribution is 2.21. The van der Waals surface area contributed by atoms with E-state index in [1.54, 1.807) is 25.4 Å². The number of imidazole rings is 1. The van der Waals surface area contributed by atoms with Crippen LogP contribution < -0.4 is 5.32 Å². The Morgan fingerprint density at radius 1 is 1.43 bits per heavy atom. The fraction of sp³-hybridized carbons (Fsp3) is 0.286. The molecule has 0 aliphatic carbocycles. The number of H-pyrrole nitrogens is 1. The van der Waals surface area contributed by atoms with Crippen molar-refractivity contribution in [1.82, 2.24) is 15.3 Å². The van der Waals surface area contributed by atoms with Gasteiger partial charge in [0.15, 0.2) is 5.16 Å². The van der Waals surface area contributed by atoms with E-state index in [0.29, 0.717) is 18.3 Å². The third kappa shape index (κ3) is 4.87. The summed E-state index contributed by atoms with van der Waals surface area (Å²) >= 11 is 1.31. The van der Waals surface area contributed by atoms with Crippen LogP contribution in [0, 0.1) is 5.82 Å². The molecule has 1 aromatic carbocycles. The molecule has 1 heterocycles. The van der Waals surface area contributed by atoms with Gasteiger partial charge in [0, 0.05) is 13.7 Å². The van der Waals surface area contributed by atoms with Gasteiger partial charge in [0.25, 0.3) is 0 Å². The van der Waals surface area contributed by atoms with Crippen molar-refractivity contribution in [3.63, 3.8) is 0 Å². The zero-order valence-electron chi connectivity index (χ0n) is 11.6. The molecule has 0 fully saturated rings. The van der Waals surface area contributed by atoms with Crippen molar-refractivity contribution in [3.8, 4) is 11.3 Å². The molecule has 0 aliphatic heterocycles. The molecule has 1 amide bonds. The van der Waals surface area contributed by atoms with Gasteiger partial charge in [-0.15, -0.1) is 0 Å². The Balaban J connectivity index is 1.86. The molecule has 21 heavy (non-hydrogen) atoms. The van der Waals surface area contributed by atoms with Gasteiger partial charge in [-0.1, -0.05) is 11.8 Å². The number of thioether (sulfide) groups is 1. The molecule has 2 rings (SSSR count). The minimum absolute atomic E-state index is 0.0724. The van der Waals surface area contributed by atoms with E-state index in [1.807, 2.05) is 0 Å². The van der Waals surface area contributed by atoms with E-state index >= 15 is 0 Å². The molecule has 7 heteroatoms. The van der Waals surface area contributed by atoms with Gasteiger partial charge in [-0.3, -0.25) is 4.79 Å². The van der Waals surface area contributed by atoms with Crippen LogP contribution in [0.25, 0.3) is 11.3 Å². The maximum atomic E-state index is 12.9. The monoisotopic (exact) mass is 309 g/mol. The minimum atomic E-state index is -0.277. The smallest absolute Gasteiger partial charge is 0.230 e. The zero-order chi connectivity index (χ0) is 15.1. The Labute approximate surface area is 126 Å². The Morgan fingerprint density at radius 2 is 2.19 bits per heavy atom. The Hall–Kier alpha value is -1.86. The molecule has 0 radical (unpaired) electrons. The summed E-state index contributed by atoms with van der Waals surface area (Å²) in [5.74, 6) is -0.0718. The summed E-state index contributed by atoms with van der Waals surface area (Å²) in [6.45, 7) is 0.987. The molecule has 2 N–H and O–H groups in total. The molecule has 0 spiro atoms. The molecular formula is C14H16FN3O2S. The Morgan fingerprint density at radius 3 is 2.90 bits per heavy atom. The molecular weight excluding hydrogens is 293 g/mol. The average Bonchev–Trinajstić information content (AvgIpc) is 2.95. The number of benzene rings is 1. The van der Waals surface area contributed by atoms with Gasteiger partial charge in [-0.25, -0.2) is 9.37 Å². The highest BCUT2D eigenvalue weighted by Gasteiger charge is 2.07. The number of nitrogens with zero attached hydrogens (tertiary/aromatic N) is 1. The molecule has 112 valence electrons. The number of hydrogen-bond donors (Lipinski definition) is 2. The third-order valence-corrected chi connectivity index (χ3v) is 3.56. The van der Waals surface area contributed by atoms with Crippen LogP contribution in [0.3, 0.4) is 0 Å². The first-order valence-corrected chi connectivity index (χ1v) is 7.37. The summed E-state index contributed by atoms with van der Waals surface area (Å²) in [6, 6.07) is 6.14. The number of methoxy groups -OCH3 is 1. The SMILES string of the molecule is COCCNC(=O)CSc1ncc(-c2ccc(F)cc2)[nH]1. The highest BCUT2D eigenvalue weighted by molar-refractivity contribution is 7.99. The maximum absolute atomic E-state index is 12.9. The second-order valence-corrected chi connectivity index (χ2v) is 5.20. The standard InChI is InChI=1S/C14H16FN3O2S/c1-20-7-6-16-13(19)9-21-14-17-8-12(18-14)10-2-4-11(15)5-3-10/h2-5,8H,6-7,9H2,1H3,(H,16,19)(H,17,18). The van der Waals surface area contributed by atoms with Gasteiger partial charge in [0.2, 0.25) is 5.91 Å². The quantitative estimate of drug-likeness (QED) is 0.607. The number of carbonyl (C=O) groups is 1. The van der Waals surface area contributed by atoms with Gasteiger partial charge in [-0.05, 0) is 29.8 Å². The molecule has 0 unspecified atom stereocenters. The van der Waals surface area contributed by atoms with E-state index in [0.717, 1.165) is 11.3 Å². The van der Waals surface area contributed by atoms with Gasteiger partial charge in [0.1, 0.15) is 5.82 Å². The molecule has 0 saturated heterocycles. The van der Waals surface area contributed by atoms with Crippen molar-refractivity contribution in [1.29, 1.82) is 0 Å². The lowest BCUT2D eigenvalue weighted by atomic mass is 10.2. The van der Waals surface area contributed by atoms with Crippen molar-refractivity contribution in [2.24, 2.45) is 0 Å². The summed E-state index contributed by atoms with van der Waals surface area (Å²) in [7, 11) is 1.58. The van der Waals surface area contributed by atoms with E-state index in [2.05, 4.69) is 15.3 Å². The number of nitrogens with one attached hydrogen (secondary N) is 2. The lowest BCUT2D eigenvalue weighted by Crippen LogP contribution is -2.28. The average molecular weight is 309 g/mol. The van der Waals surface area contributed by atoms with Crippen LogP contribution >= 0.6 is 11.8 Å². The molecule has 5 nitrogen and oxygen atoms in total. The molecule has 0 saturated carbocycles. The molecule has 0 bridgehead atoms. The molecule has 0 atom stereocenters. The first-order valence-electron chi connectivity index (χ1n) is 6.38. The summed E-state index contributed by atoms with van der Waals surface area (Å²) in [4.78, 5) is 18.8. The van der Waals surface area contributed by atoms with Crippen LogP contribution in [0.2, 0.25) is 0 Å². The van der Waals surface area contributed by atoms with Crippen LogP contribution in [0.5, 0.6) is 0 Å². The maximum Gasteiger partial charge on any atom is 0.230 e. The normalized spacial score (nSPS) is 10.6. The van der Waals surface area contributed by atoms with E-state index in [4.69, 9.17) is 4.74 Å². The lowest BCUT2D eigenvalue weighted by Gasteiger charge is -2.02. The summed E-state index contributed by atoms with van der Waals surface area (Å²) in [5.41, 5.74) is 1.64. The zero-order valence-corrected chi connectivity index (χ0v) is 12.4. The number of aromatic amines is 1. The van der Waals surface area contributed by atoms with E-state index in [-0.39, 0.29) is 17.5 Å². The van der Waals surface area contributed by atoms with E-state index < -0.39 is 0 Å². The number of carbonyl (C=O) groups excluding carboxylic acids is 1. The summed E-state index contributed by atoms with van der Waals surface area (Å²) in [6.07, 6.45) is 1.67. The first-order chi connectivity index (χ1) is 10.2. The highest BCUT2D eigenvalue weighted by atomic mass is 32.2. The Bertz CT molecular complexity index is 586. The molecule has 1 aromatic heterocycles. The van der Waals surface area contributed by atoms with Crippen molar-refractivity contribution >= 4 is 17.7 Å². The van der Waals surface area contributed by atoms with Crippen LogP contribution in [0.1, 0.15) is 0 Å². The fourth-order valence-electron chi connectivity index (χ4n) is 1.63. The van der Waals surface area contributed by atoms with Gasteiger partial charge in [-0.2, -0.15) is 0 Å². The van der Waals surface area contributed by atoms with Crippen molar-refractivity contribution in [2.75, 3.05) is 26.0 Å². The van der Waals surface area contributed by atoms with Gasteiger partial charge < -0.3 is 15.0 Å². The van der Waals surface area contributed by atoms with Gasteiger partial charge >= 0.3 is 0 Å². The van der Waals surface area contributed by atoms with Gasteiger partial charge in [0.05, 0.1) is 24.3 Å². The van der Waals surface area contributed by atoms with Crippen molar-refractivity contribution < 1.29 is 13.9 Å². The van der Waals surface area contributed by atoms with Crippen LogP contribution in [0.4, 0.5) is 4.39 Å². The Kier molecular flexibility index (Phi) is 5.77. The number of rotatable bonds is 7. The minimum Gasteiger partial charge on any atom is -0.383 e. The van der Waals surface area contributed by atoms with Crippen molar-refractivity contribution in [2.45, 2.75) is 5.16 Å². The number of halogens is 1. The fourth-order valence-corrected chi connectivity index (χ4v) is 2.31. The van der Waals surface area contributed by atoms with Crippen molar-refractivity contribution in [3.05, 3.63) is 36.3 Å². The number of ether oxygens (including phenoxy) is 1. The van der Waals surface area contributed by atoms with Crippen LogP contribution in [0.15, 0.2) is 35.6 Å². The second kappa shape index (κ2) is 7.80. The largest absolute Gasteiger partial charge is 0.383 e. The number of aromatic nitrogens is 2. The van der Waals surface area contributed by atoms with Crippen LogP contribution in [-0.4, -0.2) is 41.9 Å². The predicted molar refractivity (Wildman–Crippen MR) is 79.6 cm³/mol. The number of hydrogen-bond acceptors (Lipinski definition) is 4. The van der Waals surface area contributed by atoms with E-state index in [1.165, 1.54) is 23.9 Å². The number of amides is 1. The topological polar surface area (TPSA) is 67.0 Å². The third-order valence-electron chi connectivity index (χ3n) is 2.68. The summed E-state index contributed by atoms with van der Waals surface area (Å²) < 4.78 is 17.7. The van der Waals surface area contributed by atoms with E-state index in [9.17, 15) is 9.18 Å². The predicted octanol–water partition coefficient (Wildman–Crippen LogP) is 2.07. The first kappa shape index (κ1) is 15.5. The van der Waals surface area contributed by atoms with Crippen LogP contribution in [-0.2, 0) is 9.53 Å². The molecule has 2 aromatic rings. The lowest BCUT2D eigenvalue weighted by molar-refractivity contribution is -0.118. The second-order valence-electron chi connectivity index (χ2n) is 4.24. The summed E-state index contributed by atoms with van der Waals surface area (Å²) in [5, 5.41) is 3.38.